The van der Waals surface area contributed by atoms with Crippen molar-refractivity contribution >= 4 is 11.7 Å². The quantitative estimate of drug-likeness (QED) is 0.683. The van der Waals surface area contributed by atoms with Gasteiger partial charge in [-0.15, -0.1) is 0 Å². The summed E-state index contributed by atoms with van der Waals surface area (Å²) in [5, 5.41) is 0. The largest absolute Gasteiger partial charge is 0.336 e. The number of piperidine rings is 1. The Labute approximate surface area is 97.2 Å². The SMILES string of the molecule is CC(C)(C)CC(=O)N1C2CCC1CC(=O)C2. The number of Topliss-reactive ketones (excluding diaryl/α,β-unsaturated/α-hetero) is 1. The number of hydrogen-bond donors (Lipinski definition) is 0. The minimum atomic E-state index is 0.0397. The Balaban J connectivity index is 2.06. The van der Waals surface area contributed by atoms with E-state index >= 15 is 0 Å². The summed E-state index contributed by atoms with van der Waals surface area (Å²) < 4.78 is 0. The lowest BCUT2D eigenvalue weighted by atomic mass is 9.90. The minimum absolute atomic E-state index is 0.0397. The topological polar surface area (TPSA) is 37.4 Å². The molecule has 90 valence electrons. The summed E-state index contributed by atoms with van der Waals surface area (Å²) in [6, 6.07) is 0.419. The maximum absolute atomic E-state index is 12.2. The van der Waals surface area contributed by atoms with Gasteiger partial charge in [0.25, 0.3) is 0 Å². The van der Waals surface area contributed by atoms with E-state index in [9.17, 15) is 9.59 Å². The molecule has 0 aromatic heterocycles. The smallest absolute Gasteiger partial charge is 0.223 e. The standard InChI is InChI=1S/C13H21NO2/c1-13(2,3)8-12(16)14-9-4-5-10(14)7-11(15)6-9/h9-10H,4-8H2,1-3H3. The number of hydrogen-bond acceptors (Lipinski definition) is 2. The first kappa shape index (κ1) is 11.6. The van der Waals surface area contributed by atoms with Crippen LogP contribution in [0.1, 0.15) is 52.9 Å². The molecule has 0 radical (unpaired) electrons. The van der Waals surface area contributed by atoms with Crippen molar-refractivity contribution in [2.45, 2.75) is 65.0 Å². The zero-order chi connectivity index (χ0) is 11.9. The van der Waals surface area contributed by atoms with Gasteiger partial charge < -0.3 is 4.90 Å². The summed E-state index contributed by atoms with van der Waals surface area (Å²) in [6.45, 7) is 6.26. The maximum Gasteiger partial charge on any atom is 0.223 e. The van der Waals surface area contributed by atoms with Crippen LogP contribution < -0.4 is 0 Å². The van der Waals surface area contributed by atoms with Crippen molar-refractivity contribution in [2.24, 2.45) is 5.41 Å². The van der Waals surface area contributed by atoms with Crippen LogP contribution in [-0.2, 0) is 9.59 Å². The van der Waals surface area contributed by atoms with Crippen LogP contribution in [0.5, 0.6) is 0 Å². The van der Waals surface area contributed by atoms with Crippen molar-refractivity contribution in [2.75, 3.05) is 0 Å². The molecular weight excluding hydrogens is 202 g/mol. The summed E-state index contributed by atoms with van der Waals surface area (Å²) in [7, 11) is 0. The van der Waals surface area contributed by atoms with Crippen LogP contribution in [-0.4, -0.2) is 28.7 Å². The number of nitrogens with zero attached hydrogens (tertiary/aromatic N) is 1. The molecular formula is C13H21NO2. The molecule has 1 amide bonds. The molecule has 16 heavy (non-hydrogen) atoms. The monoisotopic (exact) mass is 223 g/mol. The van der Waals surface area contributed by atoms with Gasteiger partial charge in [-0.2, -0.15) is 0 Å². The van der Waals surface area contributed by atoms with Crippen LogP contribution in [0.15, 0.2) is 0 Å². The van der Waals surface area contributed by atoms with Crippen LogP contribution in [0.4, 0.5) is 0 Å². The van der Waals surface area contributed by atoms with Gasteiger partial charge in [0.2, 0.25) is 5.91 Å². The van der Waals surface area contributed by atoms with E-state index in [0.717, 1.165) is 12.8 Å². The molecule has 0 aromatic rings. The Bertz CT molecular complexity index is 300. The fourth-order valence-corrected chi connectivity index (χ4v) is 2.92. The van der Waals surface area contributed by atoms with E-state index in [-0.39, 0.29) is 23.4 Å². The van der Waals surface area contributed by atoms with Crippen LogP contribution in [0.25, 0.3) is 0 Å². The van der Waals surface area contributed by atoms with Gasteiger partial charge in [0.05, 0.1) is 0 Å². The van der Waals surface area contributed by atoms with Gasteiger partial charge in [0, 0.05) is 31.3 Å². The fraction of sp³-hybridized carbons (Fsp3) is 0.846. The first-order valence-electron chi connectivity index (χ1n) is 6.20. The van der Waals surface area contributed by atoms with Gasteiger partial charge in [-0.05, 0) is 18.3 Å². The number of carbonyl (C=O) groups is 2. The van der Waals surface area contributed by atoms with Gasteiger partial charge in [-0.25, -0.2) is 0 Å². The highest BCUT2D eigenvalue weighted by Crippen LogP contribution is 2.35. The summed E-state index contributed by atoms with van der Waals surface area (Å²) in [5.41, 5.74) is 0.0397. The molecule has 2 bridgehead atoms. The molecule has 0 aromatic carbocycles. The van der Waals surface area contributed by atoms with Crippen LogP contribution in [0.2, 0.25) is 0 Å². The van der Waals surface area contributed by atoms with Gasteiger partial charge >= 0.3 is 0 Å². The summed E-state index contributed by atoms with van der Waals surface area (Å²) in [4.78, 5) is 25.6. The average molecular weight is 223 g/mol. The average Bonchev–Trinajstić information content (AvgIpc) is 2.36. The lowest BCUT2D eigenvalue weighted by Crippen LogP contribution is -2.47. The van der Waals surface area contributed by atoms with E-state index in [1.54, 1.807) is 0 Å². The molecule has 0 N–H and O–H groups in total. The Morgan fingerprint density at radius 2 is 1.75 bits per heavy atom. The third-order valence-electron chi connectivity index (χ3n) is 3.52. The Morgan fingerprint density at radius 3 is 2.19 bits per heavy atom. The van der Waals surface area contributed by atoms with E-state index in [4.69, 9.17) is 0 Å². The van der Waals surface area contributed by atoms with E-state index < -0.39 is 0 Å². The molecule has 2 heterocycles. The van der Waals surface area contributed by atoms with E-state index in [0.29, 0.717) is 25.0 Å². The third-order valence-corrected chi connectivity index (χ3v) is 3.52. The van der Waals surface area contributed by atoms with E-state index in [1.807, 2.05) is 4.90 Å². The molecule has 3 nitrogen and oxygen atoms in total. The number of amides is 1. The fourth-order valence-electron chi connectivity index (χ4n) is 2.92. The summed E-state index contributed by atoms with van der Waals surface area (Å²) in [5.74, 6) is 0.583. The van der Waals surface area contributed by atoms with Gasteiger partial charge in [-0.1, -0.05) is 20.8 Å². The Kier molecular flexibility index (Phi) is 2.81. The van der Waals surface area contributed by atoms with Gasteiger partial charge in [0.1, 0.15) is 5.78 Å². The number of carbonyl (C=O) groups excluding carboxylic acids is 2. The first-order chi connectivity index (χ1) is 7.37. The molecule has 3 heteroatoms. The highest BCUT2D eigenvalue weighted by atomic mass is 16.2. The van der Waals surface area contributed by atoms with Crippen LogP contribution in [0, 0.1) is 5.41 Å². The molecule has 2 aliphatic rings. The molecule has 0 spiro atoms. The second kappa shape index (κ2) is 3.86. The van der Waals surface area contributed by atoms with Crippen molar-refractivity contribution in [1.29, 1.82) is 0 Å². The highest BCUT2D eigenvalue weighted by Gasteiger charge is 2.42. The molecule has 2 saturated heterocycles. The van der Waals surface area contributed by atoms with E-state index in [2.05, 4.69) is 20.8 Å². The Hall–Kier alpha value is -0.860. The number of rotatable bonds is 1. The minimum Gasteiger partial charge on any atom is -0.336 e. The second-order valence-corrected chi connectivity index (χ2v) is 6.37. The first-order valence-corrected chi connectivity index (χ1v) is 6.20. The maximum atomic E-state index is 12.2. The normalized spacial score (nSPS) is 29.7. The van der Waals surface area contributed by atoms with Crippen molar-refractivity contribution in [3.8, 4) is 0 Å². The second-order valence-electron chi connectivity index (χ2n) is 6.37. The van der Waals surface area contributed by atoms with Gasteiger partial charge in [-0.3, -0.25) is 9.59 Å². The van der Waals surface area contributed by atoms with Crippen molar-refractivity contribution in [3.05, 3.63) is 0 Å². The summed E-state index contributed by atoms with van der Waals surface area (Å²) in [6.07, 6.45) is 3.81. The van der Waals surface area contributed by atoms with Crippen molar-refractivity contribution < 1.29 is 9.59 Å². The zero-order valence-corrected chi connectivity index (χ0v) is 10.5. The molecule has 0 saturated carbocycles. The highest BCUT2D eigenvalue weighted by molar-refractivity contribution is 5.85. The predicted molar refractivity (Wildman–Crippen MR) is 62.0 cm³/mol. The molecule has 2 atom stereocenters. The Morgan fingerprint density at radius 1 is 1.25 bits per heavy atom. The lowest BCUT2D eigenvalue weighted by molar-refractivity contribution is -0.140. The van der Waals surface area contributed by atoms with Gasteiger partial charge in [0.15, 0.2) is 0 Å². The number of ketones is 1. The number of fused-ring (bicyclic) bond motifs is 2. The lowest BCUT2D eigenvalue weighted by Gasteiger charge is -2.35. The third kappa shape index (κ3) is 2.28. The summed E-state index contributed by atoms with van der Waals surface area (Å²) >= 11 is 0. The van der Waals surface area contributed by atoms with E-state index in [1.165, 1.54) is 0 Å². The van der Waals surface area contributed by atoms with Crippen LogP contribution in [0.3, 0.4) is 0 Å². The molecule has 2 rings (SSSR count). The molecule has 2 fully saturated rings. The molecule has 0 aliphatic carbocycles. The van der Waals surface area contributed by atoms with Crippen molar-refractivity contribution in [1.82, 2.24) is 4.90 Å². The molecule has 2 unspecified atom stereocenters. The zero-order valence-electron chi connectivity index (χ0n) is 10.5. The predicted octanol–water partition coefficient (Wildman–Crippen LogP) is 2.15. The van der Waals surface area contributed by atoms with Crippen molar-refractivity contribution in [3.63, 3.8) is 0 Å². The van der Waals surface area contributed by atoms with Crippen LogP contribution >= 0.6 is 0 Å². The molecule has 2 aliphatic heterocycles.